The molecule has 2 heterocycles. The van der Waals surface area contributed by atoms with E-state index in [2.05, 4.69) is 20.3 Å². The van der Waals surface area contributed by atoms with Crippen LogP contribution >= 0.6 is 23.2 Å². The molecule has 0 spiro atoms. The van der Waals surface area contributed by atoms with Gasteiger partial charge in [-0.05, 0) is 24.3 Å². The standard InChI is InChI=1S/C10H10ClN3O.C9H8ClN3O/c11-8-3-1-2-7(6-8)10-13-9(4-5-12)15-14-10;10-7-3-1-2-6(4-7)9-12-8(5-11)14-13-9/h1-3,6H,4-5,12H2;1-4H,5,11H2. The lowest BCUT2D eigenvalue weighted by Crippen LogP contribution is -2.02. The molecule has 0 saturated carbocycles. The number of rotatable bonds is 5. The average Bonchev–Trinajstić information content (AvgIpc) is 3.38. The maximum Gasteiger partial charge on any atom is 0.240 e. The van der Waals surface area contributed by atoms with Crippen LogP contribution in [-0.4, -0.2) is 26.8 Å². The van der Waals surface area contributed by atoms with E-state index in [9.17, 15) is 0 Å². The molecular weight excluding hydrogens is 415 g/mol. The highest BCUT2D eigenvalue weighted by Gasteiger charge is 2.08. The Hall–Kier alpha value is -2.78. The summed E-state index contributed by atoms with van der Waals surface area (Å²) in [6, 6.07) is 14.6. The van der Waals surface area contributed by atoms with Crippen LogP contribution in [0.2, 0.25) is 10.0 Å². The van der Waals surface area contributed by atoms with Crippen LogP contribution in [0, 0.1) is 0 Å². The Morgan fingerprint density at radius 2 is 1.28 bits per heavy atom. The van der Waals surface area contributed by atoms with Crippen molar-refractivity contribution in [2.75, 3.05) is 6.54 Å². The first-order valence-corrected chi connectivity index (χ1v) is 9.42. The second-order valence-corrected chi connectivity index (χ2v) is 6.66. The zero-order valence-corrected chi connectivity index (χ0v) is 16.8. The Morgan fingerprint density at radius 1 is 0.759 bits per heavy atom. The summed E-state index contributed by atoms with van der Waals surface area (Å²) in [5.74, 6) is 2.02. The largest absolute Gasteiger partial charge is 0.339 e. The average molecular weight is 433 g/mol. The summed E-state index contributed by atoms with van der Waals surface area (Å²) in [5, 5.41) is 8.91. The summed E-state index contributed by atoms with van der Waals surface area (Å²) >= 11 is 11.7. The normalized spacial score (nSPS) is 10.5. The van der Waals surface area contributed by atoms with Crippen LogP contribution in [0.25, 0.3) is 22.8 Å². The highest BCUT2D eigenvalue weighted by atomic mass is 35.5. The second kappa shape index (κ2) is 10.1. The predicted octanol–water partition coefficient (Wildman–Crippen LogP) is 3.74. The summed E-state index contributed by atoms with van der Waals surface area (Å²) in [5.41, 5.74) is 12.4. The molecule has 29 heavy (non-hydrogen) atoms. The molecule has 4 aromatic rings. The van der Waals surface area contributed by atoms with E-state index >= 15 is 0 Å². The van der Waals surface area contributed by atoms with Gasteiger partial charge in [-0.25, -0.2) is 0 Å². The molecule has 0 aliphatic heterocycles. The third kappa shape index (κ3) is 5.85. The van der Waals surface area contributed by atoms with Crippen LogP contribution in [0.5, 0.6) is 0 Å². The summed E-state index contributed by atoms with van der Waals surface area (Å²) in [4.78, 5) is 8.27. The molecule has 8 nitrogen and oxygen atoms in total. The Labute approximate surface area is 176 Å². The topological polar surface area (TPSA) is 130 Å². The van der Waals surface area contributed by atoms with Crippen LogP contribution in [0.4, 0.5) is 0 Å². The molecule has 4 N–H and O–H groups in total. The zero-order chi connectivity index (χ0) is 20.6. The molecule has 150 valence electrons. The Kier molecular flexibility index (Phi) is 7.31. The number of hydrogen-bond acceptors (Lipinski definition) is 8. The Bertz CT molecular complexity index is 1070. The van der Waals surface area contributed by atoms with Crippen molar-refractivity contribution in [2.45, 2.75) is 13.0 Å². The van der Waals surface area contributed by atoms with Gasteiger partial charge in [-0.15, -0.1) is 0 Å². The fourth-order valence-corrected chi connectivity index (χ4v) is 2.69. The van der Waals surface area contributed by atoms with Crippen molar-refractivity contribution in [1.29, 1.82) is 0 Å². The van der Waals surface area contributed by atoms with E-state index in [0.717, 1.165) is 11.1 Å². The van der Waals surface area contributed by atoms with Crippen molar-refractivity contribution in [3.63, 3.8) is 0 Å². The summed E-state index contributed by atoms with van der Waals surface area (Å²) in [7, 11) is 0. The van der Waals surface area contributed by atoms with Crippen molar-refractivity contribution in [2.24, 2.45) is 11.5 Å². The molecule has 0 radical (unpaired) electrons. The van der Waals surface area contributed by atoms with Crippen molar-refractivity contribution in [3.05, 3.63) is 70.4 Å². The van der Waals surface area contributed by atoms with E-state index in [-0.39, 0.29) is 6.54 Å². The quantitative estimate of drug-likeness (QED) is 0.487. The van der Waals surface area contributed by atoms with E-state index in [0.29, 0.717) is 46.4 Å². The molecule has 0 amide bonds. The zero-order valence-electron chi connectivity index (χ0n) is 15.3. The fourth-order valence-electron chi connectivity index (χ4n) is 2.31. The first-order valence-electron chi connectivity index (χ1n) is 8.66. The van der Waals surface area contributed by atoms with Gasteiger partial charge in [0, 0.05) is 34.1 Å². The third-order valence-corrected chi connectivity index (χ3v) is 4.10. The molecule has 2 aromatic carbocycles. The van der Waals surface area contributed by atoms with Gasteiger partial charge in [0.05, 0.1) is 6.54 Å². The number of nitrogens with zero attached hydrogens (tertiary/aromatic N) is 4. The van der Waals surface area contributed by atoms with Gasteiger partial charge in [-0.1, -0.05) is 57.8 Å². The number of aromatic nitrogens is 4. The maximum atomic E-state index is 5.86. The van der Waals surface area contributed by atoms with Crippen LogP contribution in [0.15, 0.2) is 57.6 Å². The fraction of sp³-hybridized carbons (Fsp3) is 0.158. The minimum atomic E-state index is 0.244. The molecule has 0 bridgehead atoms. The predicted molar refractivity (Wildman–Crippen MR) is 110 cm³/mol. The summed E-state index contributed by atoms with van der Waals surface area (Å²) in [6.07, 6.45) is 0.591. The minimum absolute atomic E-state index is 0.244. The molecule has 0 fully saturated rings. The van der Waals surface area contributed by atoms with Gasteiger partial charge in [-0.3, -0.25) is 0 Å². The second-order valence-electron chi connectivity index (χ2n) is 5.79. The van der Waals surface area contributed by atoms with Crippen LogP contribution in [0.1, 0.15) is 11.8 Å². The van der Waals surface area contributed by atoms with Crippen molar-refractivity contribution >= 4 is 23.2 Å². The van der Waals surface area contributed by atoms with Gasteiger partial charge in [0.15, 0.2) is 0 Å². The van der Waals surface area contributed by atoms with E-state index in [4.69, 9.17) is 43.7 Å². The maximum absolute atomic E-state index is 5.86. The molecule has 2 aromatic heterocycles. The van der Waals surface area contributed by atoms with Crippen molar-refractivity contribution < 1.29 is 9.05 Å². The molecule has 10 heteroatoms. The van der Waals surface area contributed by atoms with E-state index < -0.39 is 0 Å². The molecule has 0 aliphatic carbocycles. The monoisotopic (exact) mass is 432 g/mol. The van der Waals surface area contributed by atoms with E-state index in [1.165, 1.54) is 0 Å². The SMILES string of the molecule is NCCc1nc(-c2cccc(Cl)c2)no1.NCc1nc(-c2cccc(Cl)c2)no1. The van der Waals surface area contributed by atoms with Crippen LogP contribution in [0.3, 0.4) is 0 Å². The number of hydrogen-bond donors (Lipinski definition) is 2. The molecule has 0 unspecified atom stereocenters. The third-order valence-electron chi connectivity index (χ3n) is 3.63. The number of halogens is 2. The molecule has 0 atom stereocenters. The lowest BCUT2D eigenvalue weighted by atomic mass is 10.2. The Balaban J connectivity index is 0.000000166. The minimum Gasteiger partial charge on any atom is -0.339 e. The Morgan fingerprint density at radius 3 is 1.72 bits per heavy atom. The van der Waals surface area contributed by atoms with Gasteiger partial charge in [-0.2, -0.15) is 9.97 Å². The van der Waals surface area contributed by atoms with Crippen molar-refractivity contribution in [1.82, 2.24) is 20.3 Å². The molecule has 0 saturated heterocycles. The lowest BCUT2D eigenvalue weighted by Gasteiger charge is -1.93. The van der Waals surface area contributed by atoms with E-state index in [1.54, 1.807) is 24.3 Å². The molecular formula is C19H18Cl2N6O2. The van der Waals surface area contributed by atoms with Gasteiger partial charge in [0.2, 0.25) is 23.4 Å². The lowest BCUT2D eigenvalue weighted by molar-refractivity contribution is 0.380. The first kappa shape index (κ1) is 20.9. The van der Waals surface area contributed by atoms with Crippen LogP contribution in [-0.2, 0) is 13.0 Å². The summed E-state index contributed by atoms with van der Waals surface area (Å²) < 4.78 is 9.89. The number of nitrogens with two attached hydrogens (primary N) is 2. The smallest absolute Gasteiger partial charge is 0.240 e. The van der Waals surface area contributed by atoms with Crippen molar-refractivity contribution in [3.8, 4) is 22.8 Å². The first-order chi connectivity index (χ1) is 14.1. The van der Waals surface area contributed by atoms with Gasteiger partial charge in [0.25, 0.3) is 0 Å². The highest BCUT2D eigenvalue weighted by molar-refractivity contribution is 6.31. The van der Waals surface area contributed by atoms with Gasteiger partial charge < -0.3 is 20.5 Å². The molecule has 4 rings (SSSR count). The number of benzene rings is 2. The van der Waals surface area contributed by atoms with E-state index in [1.807, 2.05) is 24.3 Å². The van der Waals surface area contributed by atoms with Crippen LogP contribution < -0.4 is 11.5 Å². The highest BCUT2D eigenvalue weighted by Crippen LogP contribution is 2.20. The van der Waals surface area contributed by atoms with Gasteiger partial charge in [0.1, 0.15) is 0 Å². The van der Waals surface area contributed by atoms with Gasteiger partial charge >= 0.3 is 0 Å². The molecule has 0 aliphatic rings. The summed E-state index contributed by atoms with van der Waals surface area (Å²) in [6.45, 7) is 0.741.